The SMILES string of the molecule is Cc1cc(C(O)(C(F)(F)F)C(F)(F)F)ccc1OC(COc1ccc(CC(=O)O)cc1)Cc1ccccc1. The Balaban J connectivity index is 1.83. The number of carboxylic acid groups (broad SMARTS) is 1. The highest BCUT2D eigenvalue weighted by molar-refractivity contribution is 5.70. The van der Waals surface area contributed by atoms with Crippen LogP contribution < -0.4 is 9.47 Å². The molecule has 0 saturated heterocycles. The molecule has 0 aromatic heterocycles. The van der Waals surface area contributed by atoms with Crippen molar-refractivity contribution in [2.24, 2.45) is 0 Å². The van der Waals surface area contributed by atoms with E-state index in [9.17, 15) is 36.2 Å². The predicted octanol–water partition coefficient (Wildman–Crippen LogP) is 6.00. The van der Waals surface area contributed by atoms with Gasteiger partial charge in [0.15, 0.2) is 0 Å². The van der Waals surface area contributed by atoms with Crippen molar-refractivity contribution in [3.63, 3.8) is 0 Å². The van der Waals surface area contributed by atoms with E-state index in [4.69, 9.17) is 14.6 Å². The molecule has 0 bridgehead atoms. The van der Waals surface area contributed by atoms with Gasteiger partial charge in [0, 0.05) is 12.0 Å². The highest BCUT2D eigenvalue weighted by Gasteiger charge is 2.71. The number of aliphatic carboxylic acids is 1. The van der Waals surface area contributed by atoms with E-state index in [-0.39, 0.29) is 24.3 Å². The van der Waals surface area contributed by atoms with Gasteiger partial charge in [-0.1, -0.05) is 48.5 Å². The number of hydrogen-bond acceptors (Lipinski definition) is 4. The van der Waals surface area contributed by atoms with Crippen LogP contribution in [-0.4, -0.2) is 41.2 Å². The Hall–Kier alpha value is -3.73. The zero-order chi connectivity index (χ0) is 28.1. The topological polar surface area (TPSA) is 76.0 Å². The van der Waals surface area contributed by atoms with Gasteiger partial charge in [0.1, 0.15) is 24.2 Å². The minimum absolute atomic E-state index is 0.0155. The Bertz CT molecular complexity index is 1210. The number of benzene rings is 3. The van der Waals surface area contributed by atoms with E-state index >= 15 is 0 Å². The van der Waals surface area contributed by atoms with Crippen LogP contribution in [-0.2, 0) is 23.2 Å². The lowest BCUT2D eigenvalue weighted by Crippen LogP contribution is -2.53. The minimum atomic E-state index is -6.00. The molecule has 0 fully saturated rings. The summed E-state index contributed by atoms with van der Waals surface area (Å²) >= 11 is 0. The fourth-order valence-corrected chi connectivity index (χ4v) is 3.75. The number of rotatable bonds is 10. The van der Waals surface area contributed by atoms with Gasteiger partial charge in [-0.05, 0) is 47.9 Å². The Labute approximate surface area is 214 Å². The van der Waals surface area contributed by atoms with Gasteiger partial charge >= 0.3 is 18.3 Å². The third kappa shape index (κ3) is 6.77. The molecular weight excluding hydrogens is 518 g/mol. The second-order valence-electron chi connectivity index (χ2n) is 8.64. The highest BCUT2D eigenvalue weighted by Crippen LogP contribution is 2.50. The molecule has 0 radical (unpaired) electrons. The van der Waals surface area contributed by atoms with Crippen molar-refractivity contribution in [2.75, 3.05) is 6.61 Å². The molecule has 3 aromatic rings. The van der Waals surface area contributed by atoms with E-state index < -0.39 is 35.6 Å². The molecule has 3 aromatic carbocycles. The molecule has 0 amide bonds. The third-order valence-corrected chi connectivity index (χ3v) is 5.73. The fraction of sp³-hybridized carbons (Fsp3) is 0.296. The van der Waals surface area contributed by atoms with Gasteiger partial charge in [-0.3, -0.25) is 4.79 Å². The molecule has 1 unspecified atom stereocenters. The second kappa shape index (κ2) is 11.3. The first-order chi connectivity index (χ1) is 17.7. The van der Waals surface area contributed by atoms with Crippen molar-refractivity contribution in [1.29, 1.82) is 0 Å². The van der Waals surface area contributed by atoms with E-state index in [1.54, 1.807) is 42.5 Å². The van der Waals surface area contributed by atoms with Gasteiger partial charge in [-0.2, -0.15) is 26.3 Å². The van der Waals surface area contributed by atoms with Crippen LogP contribution in [0.5, 0.6) is 11.5 Å². The summed E-state index contributed by atoms with van der Waals surface area (Å²) in [6, 6.07) is 17.4. The van der Waals surface area contributed by atoms with Crippen LogP contribution in [0.2, 0.25) is 0 Å². The first kappa shape index (κ1) is 28.8. The summed E-state index contributed by atoms with van der Waals surface area (Å²) in [7, 11) is 0. The lowest BCUT2D eigenvalue weighted by atomic mass is 9.91. The molecule has 5 nitrogen and oxygen atoms in total. The number of alkyl halides is 6. The molecule has 2 N–H and O–H groups in total. The summed E-state index contributed by atoms with van der Waals surface area (Å²) in [6.45, 7) is 1.23. The number of carbonyl (C=O) groups is 1. The Morgan fingerprint density at radius 1 is 0.868 bits per heavy atom. The maximum absolute atomic E-state index is 13.3. The molecule has 0 spiro atoms. The van der Waals surface area contributed by atoms with Gasteiger partial charge in [-0.15, -0.1) is 0 Å². The number of carboxylic acids is 1. The molecule has 0 aliphatic rings. The van der Waals surface area contributed by atoms with Gasteiger partial charge < -0.3 is 19.7 Å². The summed E-state index contributed by atoms with van der Waals surface area (Å²) in [6.07, 6.45) is -12.6. The van der Waals surface area contributed by atoms with Crippen molar-refractivity contribution in [1.82, 2.24) is 0 Å². The first-order valence-electron chi connectivity index (χ1n) is 11.3. The van der Waals surface area contributed by atoms with Crippen molar-refractivity contribution in [3.05, 3.63) is 95.1 Å². The molecule has 204 valence electrons. The molecule has 38 heavy (non-hydrogen) atoms. The summed E-state index contributed by atoms with van der Waals surface area (Å²) in [5.41, 5.74) is -5.06. The fourth-order valence-electron chi connectivity index (χ4n) is 3.75. The van der Waals surface area contributed by atoms with E-state index in [0.29, 0.717) is 29.9 Å². The van der Waals surface area contributed by atoms with Gasteiger partial charge in [-0.25, -0.2) is 0 Å². The smallest absolute Gasteiger partial charge is 0.430 e. The average molecular weight is 542 g/mol. The minimum Gasteiger partial charge on any atom is -0.490 e. The molecule has 1 atom stereocenters. The molecule has 3 rings (SSSR count). The van der Waals surface area contributed by atoms with Gasteiger partial charge in [0.05, 0.1) is 6.42 Å². The van der Waals surface area contributed by atoms with Crippen molar-refractivity contribution >= 4 is 5.97 Å². The maximum atomic E-state index is 13.3. The Kier molecular flexibility index (Phi) is 8.61. The van der Waals surface area contributed by atoms with E-state index in [1.165, 1.54) is 6.92 Å². The number of aliphatic hydroxyl groups is 1. The number of hydrogen-bond donors (Lipinski definition) is 2. The largest absolute Gasteiger partial charge is 0.490 e. The molecule has 0 heterocycles. The van der Waals surface area contributed by atoms with Crippen LogP contribution in [0.25, 0.3) is 0 Å². The summed E-state index contributed by atoms with van der Waals surface area (Å²) in [4.78, 5) is 10.8. The van der Waals surface area contributed by atoms with E-state index in [2.05, 4.69) is 0 Å². The molecular formula is C27H24F6O5. The predicted molar refractivity (Wildman–Crippen MR) is 125 cm³/mol. The van der Waals surface area contributed by atoms with Crippen LogP contribution in [0.4, 0.5) is 26.3 Å². The van der Waals surface area contributed by atoms with Crippen LogP contribution in [0, 0.1) is 6.92 Å². The summed E-state index contributed by atoms with van der Waals surface area (Å²) in [5.74, 6) is -0.560. The van der Waals surface area contributed by atoms with E-state index in [0.717, 1.165) is 11.6 Å². The van der Waals surface area contributed by atoms with Crippen LogP contribution in [0.15, 0.2) is 72.8 Å². The van der Waals surface area contributed by atoms with Gasteiger partial charge in [0.2, 0.25) is 0 Å². The standard InChI is InChI=1S/C27H24F6O5/c1-17-13-20(25(36,26(28,29)30)27(31,32)33)9-12-23(17)38-22(14-18-5-3-2-4-6-18)16-37-21-10-7-19(8-11-21)15-24(34)35/h2-13,22,36H,14-16H2,1H3,(H,34,35). The number of aryl methyl sites for hydroxylation is 1. The monoisotopic (exact) mass is 542 g/mol. The Morgan fingerprint density at radius 2 is 1.47 bits per heavy atom. The normalized spacial score (nSPS) is 13.2. The van der Waals surface area contributed by atoms with Gasteiger partial charge in [0.25, 0.3) is 5.60 Å². The maximum Gasteiger partial charge on any atom is 0.430 e. The molecule has 0 aliphatic heterocycles. The molecule has 0 saturated carbocycles. The lowest BCUT2D eigenvalue weighted by Gasteiger charge is -2.33. The van der Waals surface area contributed by atoms with Crippen molar-refractivity contribution < 1.29 is 50.8 Å². The zero-order valence-electron chi connectivity index (χ0n) is 20.0. The summed E-state index contributed by atoms with van der Waals surface area (Å²) < 4.78 is 91.3. The average Bonchev–Trinajstić information content (AvgIpc) is 2.83. The van der Waals surface area contributed by atoms with Crippen molar-refractivity contribution in [3.8, 4) is 11.5 Å². The quantitative estimate of drug-likeness (QED) is 0.307. The second-order valence-corrected chi connectivity index (χ2v) is 8.64. The highest BCUT2D eigenvalue weighted by atomic mass is 19.4. The van der Waals surface area contributed by atoms with Crippen LogP contribution >= 0.6 is 0 Å². The number of halogens is 6. The third-order valence-electron chi connectivity index (χ3n) is 5.73. The lowest BCUT2D eigenvalue weighted by molar-refractivity contribution is -0.376. The van der Waals surface area contributed by atoms with Crippen molar-refractivity contribution in [2.45, 2.75) is 43.8 Å². The van der Waals surface area contributed by atoms with Crippen LogP contribution in [0.1, 0.15) is 22.3 Å². The van der Waals surface area contributed by atoms with Crippen LogP contribution in [0.3, 0.4) is 0 Å². The molecule has 0 aliphatic carbocycles. The Morgan fingerprint density at radius 3 is 2.00 bits per heavy atom. The summed E-state index contributed by atoms with van der Waals surface area (Å²) in [5, 5.41) is 18.6. The zero-order valence-corrected chi connectivity index (χ0v) is 20.0. The van der Waals surface area contributed by atoms with E-state index in [1.807, 2.05) is 12.1 Å². The number of ether oxygens (including phenoxy) is 2. The molecule has 11 heteroatoms. The first-order valence-corrected chi connectivity index (χ1v) is 11.3.